The number of carbonyl (C=O) groups excluding carboxylic acids is 2. The van der Waals surface area contributed by atoms with Crippen molar-refractivity contribution in [1.29, 1.82) is 0 Å². The molecule has 0 saturated heterocycles. The fourth-order valence-electron chi connectivity index (χ4n) is 3.57. The summed E-state index contributed by atoms with van der Waals surface area (Å²) in [5, 5.41) is 0. The van der Waals surface area contributed by atoms with Crippen molar-refractivity contribution in [1.82, 2.24) is 0 Å². The van der Waals surface area contributed by atoms with Crippen molar-refractivity contribution in [2.75, 3.05) is 13.2 Å². The standard InChI is InChI=1S/C28H42O7S/c1-3-5-7-9-11-13-15-17-22-34-27(29)24-20-19-21-25(36(31,32)33)26(24)28(30)35-23-18-16-14-12-10-8-6-4-2/h13-16,19-21H,3-12,17-18,22-23H2,1-2H3,(H,31,32,33)/b15-13+,16-14+. The first-order valence-corrected chi connectivity index (χ1v) is 14.5. The molecule has 1 rings (SSSR count). The van der Waals surface area contributed by atoms with Crippen LogP contribution < -0.4 is 0 Å². The van der Waals surface area contributed by atoms with Crippen LogP contribution in [-0.2, 0) is 19.6 Å². The van der Waals surface area contributed by atoms with E-state index in [1.807, 2.05) is 24.3 Å². The van der Waals surface area contributed by atoms with Crippen molar-refractivity contribution in [3.8, 4) is 0 Å². The highest BCUT2D eigenvalue weighted by Crippen LogP contribution is 2.22. The first-order chi connectivity index (χ1) is 17.3. The highest BCUT2D eigenvalue weighted by Gasteiger charge is 2.28. The fraction of sp³-hybridized carbons (Fsp3) is 0.571. The zero-order valence-corrected chi connectivity index (χ0v) is 22.6. The van der Waals surface area contributed by atoms with Gasteiger partial charge in [0.05, 0.1) is 24.3 Å². The van der Waals surface area contributed by atoms with E-state index in [1.165, 1.54) is 50.7 Å². The first kappa shape index (κ1) is 31.6. The first-order valence-electron chi connectivity index (χ1n) is 13.1. The molecule has 0 aliphatic rings. The number of hydrogen-bond acceptors (Lipinski definition) is 6. The van der Waals surface area contributed by atoms with Gasteiger partial charge in [-0.3, -0.25) is 4.55 Å². The summed E-state index contributed by atoms with van der Waals surface area (Å²) in [7, 11) is -4.76. The SMILES string of the molecule is CCCCCC/C=C/CCOC(=O)c1cccc(S(=O)(=O)O)c1C(=O)OCC/C=C/CCCCCC. The molecule has 0 aliphatic carbocycles. The largest absolute Gasteiger partial charge is 0.462 e. The third kappa shape index (κ3) is 13.0. The van der Waals surface area contributed by atoms with Gasteiger partial charge in [-0.1, -0.05) is 82.7 Å². The van der Waals surface area contributed by atoms with Crippen LogP contribution in [0.5, 0.6) is 0 Å². The summed E-state index contributed by atoms with van der Waals surface area (Å²) < 4.78 is 43.8. The molecule has 1 N–H and O–H groups in total. The van der Waals surface area contributed by atoms with Crippen LogP contribution in [0.4, 0.5) is 0 Å². The summed E-state index contributed by atoms with van der Waals surface area (Å²) >= 11 is 0. The predicted octanol–water partition coefficient (Wildman–Crippen LogP) is 7.08. The van der Waals surface area contributed by atoms with Gasteiger partial charge in [-0.15, -0.1) is 0 Å². The molecule has 0 bridgehead atoms. The lowest BCUT2D eigenvalue weighted by Gasteiger charge is -2.12. The Labute approximate surface area is 216 Å². The molecule has 0 atom stereocenters. The van der Waals surface area contributed by atoms with Crippen LogP contribution in [-0.4, -0.2) is 38.1 Å². The monoisotopic (exact) mass is 522 g/mol. The molecule has 7 nitrogen and oxygen atoms in total. The van der Waals surface area contributed by atoms with Crippen LogP contribution >= 0.6 is 0 Å². The molecular formula is C28H42O7S. The fourth-order valence-corrected chi connectivity index (χ4v) is 4.27. The Morgan fingerprint density at radius 2 is 1.25 bits per heavy atom. The molecule has 0 aliphatic heterocycles. The Kier molecular flexibility index (Phi) is 16.5. The van der Waals surface area contributed by atoms with Gasteiger partial charge in [0.2, 0.25) is 0 Å². The number of allylic oxidation sites excluding steroid dienone is 2. The average molecular weight is 523 g/mol. The number of carbonyl (C=O) groups is 2. The Hall–Kier alpha value is -2.45. The summed E-state index contributed by atoms with van der Waals surface area (Å²) in [5.41, 5.74) is -0.773. The smallest absolute Gasteiger partial charge is 0.340 e. The molecule has 1 aromatic carbocycles. The molecule has 0 fully saturated rings. The minimum atomic E-state index is -4.76. The van der Waals surface area contributed by atoms with Crippen LogP contribution in [0, 0.1) is 0 Å². The minimum Gasteiger partial charge on any atom is -0.462 e. The lowest BCUT2D eigenvalue weighted by Crippen LogP contribution is -2.19. The van der Waals surface area contributed by atoms with Crippen molar-refractivity contribution in [2.45, 2.75) is 95.8 Å². The van der Waals surface area contributed by atoms with E-state index in [9.17, 15) is 22.6 Å². The second-order valence-electron chi connectivity index (χ2n) is 8.64. The molecule has 0 spiro atoms. The molecular weight excluding hydrogens is 480 g/mol. The van der Waals surface area contributed by atoms with Crippen LogP contribution in [0.25, 0.3) is 0 Å². The Balaban J connectivity index is 2.71. The third-order valence-corrected chi connectivity index (χ3v) is 6.44. The second kappa shape index (κ2) is 18.8. The van der Waals surface area contributed by atoms with E-state index < -0.39 is 32.5 Å². The number of unbranched alkanes of at least 4 members (excludes halogenated alkanes) is 8. The van der Waals surface area contributed by atoms with Crippen LogP contribution in [0.3, 0.4) is 0 Å². The van der Waals surface area contributed by atoms with E-state index in [0.29, 0.717) is 12.8 Å². The molecule has 0 unspecified atom stereocenters. The maximum absolute atomic E-state index is 12.7. The van der Waals surface area contributed by atoms with Crippen LogP contribution in [0.15, 0.2) is 47.4 Å². The molecule has 0 radical (unpaired) electrons. The van der Waals surface area contributed by atoms with Crippen LogP contribution in [0.2, 0.25) is 0 Å². The molecule has 0 amide bonds. The molecule has 36 heavy (non-hydrogen) atoms. The normalized spacial score (nSPS) is 11.9. The van der Waals surface area contributed by atoms with Crippen molar-refractivity contribution >= 4 is 22.1 Å². The summed E-state index contributed by atoms with van der Waals surface area (Å²) in [6.07, 6.45) is 20.2. The van der Waals surface area contributed by atoms with E-state index in [2.05, 4.69) is 13.8 Å². The van der Waals surface area contributed by atoms with E-state index in [0.717, 1.165) is 31.7 Å². The van der Waals surface area contributed by atoms with Gasteiger partial charge in [-0.2, -0.15) is 8.42 Å². The average Bonchev–Trinajstić information content (AvgIpc) is 2.85. The van der Waals surface area contributed by atoms with Gasteiger partial charge < -0.3 is 9.47 Å². The predicted molar refractivity (Wildman–Crippen MR) is 142 cm³/mol. The summed E-state index contributed by atoms with van der Waals surface area (Å²) in [6, 6.07) is 3.61. The van der Waals surface area contributed by atoms with Gasteiger partial charge in [0.15, 0.2) is 0 Å². The van der Waals surface area contributed by atoms with Gasteiger partial charge >= 0.3 is 11.9 Å². The number of esters is 2. The number of rotatable bonds is 19. The molecule has 8 heteroatoms. The van der Waals surface area contributed by atoms with Crippen LogP contribution in [0.1, 0.15) is 112 Å². The summed E-state index contributed by atoms with van der Waals surface area (Å²) in [4.78, 5) is 24.7. The second-order valence-corrected chi connectivity index (χ2v) is 10.0. The number of hydrogen-bond donors (Lipinski definition) is 1. The van der Waals surface area contributed by atoms with Gasteiger partial charge in [0.25, 0.3) is 10.1 Å². The Bertz CT molecular complexity index is 949. The molecule has 0 heterocycles. The van der Waals surface area contributed by atoms with Gasteiger partial charge in [-0.05, 0) is 50.7 Å². The molecule has 0 aromatic heterocycles. The van der Waals surface area contributed by atoms with Gasteiger partial charge in [0, 0.05) is 0 Å². The van der Waals surface area contributed by atoms with E-state index in [1.54, 1.807) is 0 Å². The Morgan fingerprint density at radius 3 is 1.75 bits per heavy atom. The zero-order valence-electron chi connectivity index (χ0n) is 21.7. The Morgan fingerprint density at radius 1 is 0.750 bits per heavy atom. The van der Waals surface area contributed by atoms with Crippen molar-refractivity contribution in [3.05, 3.63) is 53.6 Å². The third-order valence-electron chi connectivity index (χ3n) is 5.55. The lowest BCUT2D eigenvalue weighted by atomic mass is 10.1. The van der Waals surface area contributed by atoms with E-state index >= 15 is 0 Å². The number of benzene rings is 1. The van der Waals surface area contributed by atoms with Crippen molar-refractivity contribution in [3.63, 3.8) is 0 Å². The van der Waals surface area contributed by atoms with Crippen molar-refractivity contribution < 1.29 is 32.0 Å². The molecule has 0 saturated carbocycles. The maximum atomic E-state index is 12.7. The summed E-state index contributed by atoms with van der Waals surface area (Å²) in [6.45, 7) is 4.42. The molecule has 1 aromatic rings. The lowest BCUT2D eigenvalue weighted by molar-refractivity contribution is 0.0460. The quantitative estimate of drug-likeness (QED) is 0.0895. The zero-order chi connectivity index (χ0) is 26.7. The minimum absolute atomic E-state index is 0.0155. The highest BCUT2D eigenvalue weighted by molar-refractivity contribution is 7.86. The van der Waals surface area contributed by atoms with Gasteiger partial charge in [-0.25, -0.2) is 9.59 Å². The van der Waals surface area contributed by atoms with Gasteiger partial charge in [0.1, 0.15) is 4.90 Å². The van der Waals surface area contributed by atoms with Crippen molar-refractivity contribution in [2.24, 2.45) is 0 Å². The topological polar surface area (TPSA) is 107 Å². The highest BCUT2D eigenvalue weighted by atomic mass is 32.2. The van der Waals surface area contributed by atoms with E-state index in [-0.39, 0.29) is 18.8 Å². The number of ether oxygens (including phenoxy) is 2. The maximum Gasteiger partial charge on any atom is 0.340 e. The van der Waals surface area contributed by atoms with E-state index in [4.69, 9.17) is 9.47 Å². The summed E-state index contributed by atoms with van der Waals surface area (Å²) in [5.74, 6) is -1.85. The molecule has 202 valence electrons.